The maximum Gasteiger partial charge on any atom is 0.207 e. The Morgan fingerprint density at radius 1 is 1.06 bits per heavy atom. The molecule has 1 amide bonds. The van der Waals surface area contributed by atoms with Gasteiger partial charge in [0, 0.05) is 17.3 Å². The summed E-state index contributed by atoms with van der Waals surface area (Å²) in [4.78, 5) is 10.4. The highest BCUT2D eigenvalue weighted by molar-refractivity contribution is 6.06. The van der Waals surface area contributed by atoms with E-state index < -0.39 is 0 Å². The first kappa shape index (κ1) is 9.90. The van der Waals surface area contributed by atoms with Crippen LogP contribution in [0.1, 0.15) is 5.56 Å². The normalized spacial score (nSPS) is 10.8. The first-order chi connectivity index (χ1) is 8.40. The summed E-state index contributed by atoms with van der Waals surface area (Å²) in [6, 6.07) is 13.8. The van der Waals surface area contributed by atoms with E-state index in [4.69, 9.17) is 4.42 Å². The topological polar surface area (TPSA) is 42.2 Å². The molecule has 3 aromatic rings. The van der Waals surface area contributed by atoms with Crippen LogP contribution in [0.2, 0.25) is 0 Å². The summed E-state index contributed by atoms with van der Waals surface area (Å²) in [6.07, 6.45) is 0.709. The molecule has 0 radical (unpaired) electrons. The molecule has 3 heteroatoms. The minimum absolute atomic E-state index is 0.518. The second-order valence-corrected chi connectivity index (χ2v) is 3.89. The van der Waals surface area contributed by atoms with Crippen molar-refractivity contribution in [2.24, 2.45) is 0 Å². The van der Waals surface area contributed by atoms with E-state index in [2.05, 4.69) is 5.32 Å². The largest absolute Gasteiger partial charge is 0.456 e. The van der Waals surface area contributed by atoms with E-state index in [0.717, 1.165) is 27.5 Å². The lowest BCUT2D eigenvalue weighted by molar-refractivity contribution is -0.109. The third-order valence-corrected chi connectivity index (χ3v) is 2.86. The molecular formula is C14H11NO2. The van der Waals surface area contributed by atoms with Gasteiger partial charge in [0.2, 0.25) is 6.41 Å². The van der Waals surface area contributed by atoms with Gasteiger partial charge in [-0.15, -0.1) is 0 Å². The van der Waals surface area contributed by atoms with Crippen molar-refractivity contribution >= 4 is 28.3 Å². The van der Waals surface area contributed by atoms with Crippen LogP contribution in [0.15, 0.2) is 46.9 Å². The molecule has 0 saturated heterocycles. The minimum atomic E-state index is 0.518. The van der Waals surface area contributed by atoms with Gasteiger partial charge in [-0.05, 0) is 17.7 Å². The summed E-state index contributed by atoms with van der Waals surface area (Å²) >= 11 is 0. The average molecular weight is 225 g/mol. The number of furan rings is 1. The van der Waals surface area contributed by atoms with E-state index >= 15 is 0 Å². The second kappa shape index (κ2) is 3.94. The fourth-order valence-electron chi connectivity index (χ4n) is 2.15. The Kier molecular flexibility index (Phi) is 2.29. The first-order valence-corrected chi connectivity index (χ1v) is 5.46. The van der Waals surface area contributed by atoms with E-state index in [-0.39, 0.29) is 0 Å². The molecular weight excluding hydrogens is 214 g/mol. The standard InChI is InChI=1S/C14H11NO2/c16-9-15-8-10-4-3-7-13-14(10)11-5-1-2-6-12(11)17-13/h1-7,9H,8H2,(H,15,16). The zero-order valence-corrected chi connectivity index (χ0v) is 9.14. The molecule has 0 unspecified atom stereocenters. The lowest BCUT2D eigenvalue weighted by Crippen LogP contribution is -2.09. The molecule has 1 aromatic heterocycles. The number of fused-ring (bicyclic) bond motifs is 3. The van der Waals surface area contributed by atoms with Gasteiger partial charge >= 0.3 is 0 Å². The van der Waals surface area contributed by atoms with E-state index in [0.29, 0.717) is 13.0 Å². The van der Waals surface area contributed by atoms with Gasteiger partial charge in [0.1, 0.15) is 11.2 Å². The Hall–Kier alpha value is -2.29. The smallest absolute Gasteiger partial charge is 0.207 e. The van der Waals surface area contributed by atoms with Gasteiger partial charge in [-0.1, -0.05) is 30.3 Å². The Labute approximate surface area is 98.0 Å². The number of hydrogen-bond donors (Lipinski definition) is 1. The highest BCUT2D eigenvalue weighted by Crippen LogP contribution is 2.30. The first-order valence-electron chi connectivity index (χ1n) is 5.46. The van der Waals surface area contributed by atoms with Crippen molar-refractivity contribution in [3.05, 3.63) is 48.0 Å². The molecule has 0 fully saturated rings. The Balaban J connectivity index is 2.31. The fourth-order valence-corrected chi connectivity index (χ4v) is 2.15. The molecule has 0 saturated carbocycles. The van der Waals surface area contributed by atoms with Crippen LogP contribution in [0.3, 0.4) is 0 Å². The summed E-state index contributed by atoms with van der Waals surface area (Å²) in [6.45, 7) is 0.518. The molecule has 2 aromatic carbocycles. The minimum Gasteiger partial charge on any atom is -0.456 e. The van der Waals surface area contributed by atoms with Gasteiger partial charge in [-0.25, -0.2) is 0 Å². The summed E-state index contributed by atoms with van der Waals surface area (Å²) in [5, 5.41) is 4.86. The second-order valence-electron chi connectivity index (χ2n) is 3.89. The predicted octanol–water partition coefficient (Wildman–Crippen LogP) is 2.83. The number of hydrogen-bond acceptors (Lipinski definition) is 2. The summed E-state index contributed by atoms with van der Waals surface area (Å²) < 4.78 is 5.76. The Morgan fingerprint density at radius 3 is 2.76 bits per heavy atom. The molecule has 84 valence electrons. The quantitative estimate of drug-likeness (QED) is 0.696. The number of benzene rings is 2. The monoisotopic (exact) mass is 225 g/mol. The van der Waals surface area contributed by atoms with E-state index in [1.54, 1.807) is 0 Å². The summed E-state index contributed by atoms with van der Waals surface area (Å²) in [7, 11) is 0. The Morgan fingerprint density at radius 2 is 1.88 bits per heavy atom. The van der Waals surface area contributed by atoms with Crippen LogP contribution >= 0.6 is 0 Å². The molecule has 3 rings (SSSR count). The number of carbonyl (C=O) groups excluding carboxylic acids is 1. The van der Waals surface area contributed by atoms with Crippen LogP contribution in [0, 0.1) is 0 Å². The Bertz CT molecular complexity index is 685. The average Bonchev–Trinajstić information content (AvgIpc) is 2.75. The van der Waals surface area contributed by atoms with E-state index in [1.807, 2.05) is 42.5 Å². The van der Waals surface area contributed by atoms with Gasteiger partial charge < -0.3 is 9.73 Å². The van der Waals surface area contributed by atoms with Crippen molar-refractivity contribution in [3.8, 4) is 0 Å². The molecule has 17 heavy (non-hydrogen) atoms. The SMILES string of the molecule is O=CNCc1cccc2oc3ccccc3c12. The zero-order chi connectivity index (χ0) is 11.7. The van der Waals surface area contributed by atoms with Crippen LogP contribution in [-0.4, -0.2) is 6.41 Å². The molecule has 0 aliphatic carbocycles. The molecule has 0 bridgehead atoms. The predicted molar refractivity (Wildman–Crippen MR) is 66.6 cm³/mol. The van der Waals surface area contributed by atoms with Crippen LogP contribution in [0.4, 0.5) is 0 Å². The van der Waals surface area contributed by atoms with Gasteiger partial charge in [0.15, 0.2) is 0 Å². The van der Waals surface area contributed by atoms with E-state index in [1.165, 1.54) is 0 Å². The molecule has 1 heterocycles. The summed E-state index contributed by atoms with van der Waals surface area (Å²) in [5.41, 5.74) is 2.80. The lowest BCUT2D eigenvalue weighted by atomic mass is 10.1. The van der Waals surface area contributed by atoms with Crippen molar-refractivity contribution in [2.75, 3.05) is 0 Å². The molecule has 0 aliphatic heterocycles. The number of amides is 1. The van der Waals surface area contributed by atoms with Gasteiger partial charge in [0.25, 0.3) is 0 Å². The number of rotatable bonds is 3. The molecule has 3 nitrogen and oxygen atoms in total. The van der Waals surface area contributed by atoms with Crippen LogP contribution in [0.25, 0.3) is 21.9 Å². The van der Waals surface area contributed by atoms with Gasteiger partial charge in [-0.2, -0.15) is 0 Å². The lowest BCUT2D eigenvalue weighted by Gasteiger charge is -2.01. The van der Waals surface area contributed by atoms with Crippen LogP contribution < -0.4 is 5.32 Å². The number of para-hydroxylation sites is 1. The van der Waals surface area contributed by atoms with Crippen molar-refractivity contribution in [1.82, 2.24) is 5.32 Å². The van der Waals surface area contributed by atoms with Gasteiger partial charge in [-0.3, -0.25) is 4.79 Å². The van der Waals surface area contributed by atoms with Crippen molar-refractivity contribution in [3.63, 3.8) is 0 Å². The number of nitrogens with one attached hydrogen (secondary N) is 1. The van der Waals surface area contributed by atoms with Crippen LogP contribution in [0.5, 0.6) is 0 Å². The molecule has 0 aliphatic rings. The number of carbonyl (C=O) groups is 1. The maximum absolute atomic E-state index is 10.4. The molecule has 1 N–H and O–H groups in total. The third-order valence-electron chi connectivity index (χ3n) is 2.86. The van der Waals surface area contributed by atoms with Crippen LogP contribution in [-0.2, 0) is 11.3 Å². The molecule has 0 atom stereocenters. The maximum atomic E-state index is 10.4. The van der Waals surface area contributed by atoms with E-state index in [9.17, 15) is 4.79 Å². The highest BCUT2D eigenvalue weighted by atomic mass is 16.3. The van der Waals surface area contributed by atoms with Gasteiger partial charge in [0.05, 0.1) is 0 Å². The fraction of sp³-hybridized carbons (Fsp3) is 0.0714. The third kappa shape index (κ3) is 1.56. The van der Waals surface area contributed by atoms with Crippen molar-refractivity contribution in [1.29, 1.82) is 0 Å². The van der Waals surface area contributed by atoms with Crippen molar-refractivity contribution in [2.45, 2.75) is 6.54 Å². The van der Waals surface area contributed by atoms with Crippen molar-refractivity contribution < 1.29 is 9.21 Å². The molecule has 0 spiro atoms. The summed E-state index contributed by atoms with van der Waals surface area (Å²) in [5.74, 6) is 0. The zero-order valence-electron chi connectivity index (χ0n) is 9.14. The highest BCUT2D eigenvalue weighted by Gasteiger charge is 2.09.